The van der Waals surface area contributed by atoms with Crippen molar-refractivity contribution in [2.24, 2.45) is 5.92 Å². The Morgan fingerprint density at radius 3 is 2.24 bits per heavy atom. The zero-order valence-electron chi connectivity index (χ0n) is 9.83. The van der Waals surface area contributed by atoms with Crippen LogP contribution in [0, 0.1) is 17.6 Å². The van der Waals surface area contributed by atoms with Gasteiger partial charge in [-0.05, 0) is 36.5 Å². The number of halogens is 2. The second-order valence-corrected chi connectivity index (χ2v) is 4.87. The molecule has 0 heterocycles. The maximum Gasteiger partial charge on any atom is 0.159 e. The van der Waals surface area contributed by atoms with E-state index in [1.54, 1.807) is 0 Å². The quantitative estimate of drug-likeness (QED) is 0.775. The molecule has 1 saturated carbocycles. The minimum absolute atomic E-state index is 0.183. The molecular formula is C14H18F2O. The van der Waals surface area contributed by atoms with Crippen molar-refractivity contribution >= 4 is 0 Å². The van der Waals surface area contributed by atoms with Crippen LogP contribution in [0.2, 0.25) is 0 Å². The number of aliphatic hydroxyl groups is 1. The first kappa shape index (κ1) is 12.5. The lowest BCUT2D eigenvalue weighted by atomic mass is 9.89. The van der Waals surface area contributed by atoms with Crippen molar-refractivity contribution < 1.29 is 13.9 Å². The minimum Gasteiger partial charge on any atom is -0.388 e. The Bertz CT molecular complexity index is 370. The van der Waals surface area contributed by atoms with Crippen molar-refractivity contribution in [3.05, 3.63) is 35.4 Å². The van der Waals surface area contributed by atoms with Gasteiger partial charge in [-0.2, -0.15) is 0 Å². The first-order chi connectivity index (χ1) is 8.18. The van der Waals surface area contributed by atoms with Gasteiger partial charge in [-0.25, -0.2) is 8.78 Å². The van der Waals surface area contributed by atoms with Gasteiger partial charge in [0, 0.05) is 0 Å². The van der Waals surface area contributed by atoms with E-state index in [-0.39, 0.29) is 5.92 Å². The number of benzene rings is 1. The fourth-order valence-electron chi connectivity index (χ4n) is 2.60. The summed E-state index contributed by atoms with van der Waals surface area (Å²) in [5.74, 6) is -1.56. The summed E-state index contributed by atoms with van der Waals surface area (Å²) in [5.41, 5.74) is 0.496. The lowest BCUT2D eigenvalue weighted by Gasteiger charge is -2.21. The van der Waals surface area contributed by atoms with Crippen molar-refractivity contribution in [1.82, 2.24) is 0 Å². The van der Waals surface area contributed by atoms with Crippen LogP contribution in [0.15, 0.2) is 18.2 Å². The molecule has 0 aromatic heterocycles. The third kappa shape index (κ3) is 3.03. The molecule has 1 aliphatic rings. The Hall–Kier alpha value is -0.960. The molecule has 2 rings (SSSR count). The highest BCUT2D eigenvalue weighted by Crippen LogP contribution is 2.33. The molecular weight excluding hydrogens is 222 g/mol. The Morgan fingerprint density at radius 1 is 1.00 bits per heavy atom. The van der Waals surface area contributed by atoms with Crippen LogP contribution in [-0.4, -0.2) is 5.11 Å². The van der Waals surface area contributed by atoms with E-state index >= 15 is 0 Å². The van der Waals surface area contributed by atoms with Gasteiger partial charge in [0.25, 0.3) is 0 Å². The normalized spacial score (nSPS) is 19.9. The van der Waals surface area contributed by atoms with Crippen LogP contribution < -0.4 is 0 Å². The molecule has 0 amide bonds. The number of rotatable bonds is 2. The van der Waals surface area contributed by atoms with Crippen molar-refractivity contribution in [2.45, 2.75) is 44.6 Å². The van der Waals surface area contributed by atoms with E-state index in [2.05, 4.69) is 0 Å². The van der Waals surface area contributed by atoms with E-state index in [0.717, 1.165) is 37.8 Å². The van der Waals surface area contributed by atoms with Gasteiger partial charge < -0.3 is 5.11 Å². The van der Waals surface area contributed by atoms with E-state index in [0.29, 0.717) is 5.56 Å². The zero-order valence-corrected chi connectivity index (χ0v) is 9.83. The van der Waals surface area contributed by atoms with Gasteiger partial charge in [0.15, 0.2) is 11.6 Å². The lowest BCUT2D eigenvalue weighted by molar-refractivity contribution is 0.0983. The van der Waals surface area contributed by atoms with Crippen LogP contribution in [0.3, 0.4) is 0 Å². The fraction of sp³-hybridized carbons (Fsp3) is 0.571. The first-order valence-electron chi connectivity index (χ1n) is 6.31. The molecule has 1 fully saturated rings. The average Bonchev–Trinajstić information content (AvgIpc) is 2.60. The molecule has 0 bridgehead atoms. The van der Waals surface area contributed by atoms with Gasteiger partial charge >= 0.3 is 0 Å². The standard InChI is InChI=1S/C14H18F2O/c15-12-8-7-11(9-13(12)16)14(17)10-5-3-1-2-4-6-10/h7-10,14,17H,1-6H2/t14-/m1/s1. The molecule has 17 heavy (non-hydrogen) atoms. The summed E-state index contributed by atoms with van der Waals surface area (Å²) in [7, 11) is 0. The summed E-state index contributed by atoms with van der Waals surface area (Å²) in [6.07, 6.45) is 5.93. The van der Waals surface area contributed by atoms with Crippen molar-refractivity contribution in [1.29, 1.82) is 0 Å². The summed E-state index contributed by atoms with van der Waals surface area (Å²) in [5, 5.41) is 10.2. The Labute approximate surface area is 100 Å². The predicted octanol–water partition coefficient (Wildman–Crippen LogP) is 3.97. The minimum atomic E-state index is -0.879. The van der Waals surface area contributed by atoms with Crippen LogP contribution in [0.25, 0.3) is 0 Å². The van der Waals surface area contributed by atoms with Crippen molar-refractivity contribution in [2.75, 3.05) is 0 Å². The monoisotopic (exact) mass is 240 g/mol. The molecule has 1 aromatic carbocycles. The van der Waals surface area contributed by atoms with E-state index in [1.807, 2.05) is 0 Å². The van der Waals surface area contributed by atoms with E-state index in [1.165, 1.54) is 18.9 Å². The zero-order chi connectivity index (χ0) is 12.3. The molecule has 0 saturated heterocycles. The summed E-state index contributed by atoms with van der Waals surface area (Å²) in [4.78, 5) is 0. The van der Waals surface area contributed by atoms with Crippen LogP contribution in [0.1, 0.15) is 50.2 Å². The lowest BCUT2D eigenvalue weighted by Crippen LogP contribution is -2.12. The number of hydrogen-bond donors (Lipinski definition) is 1. The topological polar surface area (TPSA) is 20.2 Å². The molecule has 0 unspecified atom stereocenters. The maximum absolute atomic E-state index is 13.1. The number of hydrogen-bond acceptors (Lipinski definition) is 1. The van der Waals surface area contributed by atoms with Gasteiger partial charge in [0.05, 0.1) is 6.10 Å². The van der Waals surface area contributed by atoms with Gasteiger partial charge in [-0.1, -0.05) is 31.7 Å². The molecule has 1 aliphatic carbocycles. The third-order valence-electron chi connectivity index (χ3n) is 3.63. The largest absolute Gasteiger partial charge is 0.388 e. The van der Waals surface area contributed by atoms with E-state index in [9.17, 15) is 13.9 Å². The number of aliphatic hydroxyl groups excluding tert-OH is 1. The fourth-order valence-corrected chi connectivity index (χ4v) is 2.60. The van der Waals surface area contributed by atoms with Crippen LogP contribution in [-0.2, 0) is 0 Å². The average molecular weight is 240 g/mol. The highest BCUT2D eigenvalue weighted by atomic mass is 19.2. The Morgan fingerprint density at radius 2 is 1.65 bits per heavy atom. The van der Waals surface area contributed by atoms with Crippen LogP contribution in [0.4, 0.5) is 8.78 Å². The molecule has 1 N–H and O–H groups in total. The van der Waals surface area contributed by atoms with Gasteiger partial charge in [0.1, 0.15) is 0 Å². The third-order valence-corrected chi connectivity index (χ3v) is 3.63. The smallest absolute Gasteiger partial charge is 0.159 e. The van der Waals surface area contributed by atoms with Crippen LogP contribution >= 0.6 is 0 Å². The SMILES string of the molecule is O[C@@H](c1ccc(F)c(F)c1)C1CCCCCC1. The molecule has 1 aromatic rings. The van der Waals surface area contributed by atoms with Crippen molar-refractivity contribution in [3.63, 3.8) is 0 Å². The first-order valence-corrected chi connectivity index (χ1v) is 6.31. The van der Waals surface area contributed by atoms with Gasteiger partial charge in [-0.15, -0.1) is 0 Å². The van der Waals surface area contributed by atoms with E-state index in [4.69, 9.17) is 0 Å². The molecule has 0 aliphatic heterocycles. The van der Waals surface area contributed by atoms with Gasteiger partial charge in [0.2, 0.25) is 0 Å². The highest BCUT2D eigenvalue weighted by Gasteiger charge is 2.22. The Balaban J connectivity index is 2.11. The summed E-state index contributed by atoms with van der Waals surface area (Å²) in [6, 6.07) is 3.68. The summed E-state index contributed by atoms with van der Waals surface area (Å²) >= 11 is 0. The van der Waals surface area contributed by atoms with Gasteiger partial charge in [-0.3, -0.25) is 0 Å². The second kappa shape index (κ2) is 5.58. The van der Waals surface area contributed by atoms with Crippen LogP contribution in [0.5, 0.6) is 0 Å². The summed E-state index contributed by atoms with van der Waals surface area (Å²) < 4.78 is 25.9. The predicted molar refractivity (Wildman–Crippen MR) is 62.5 cm³/mol. The Kier molecular flexibility index (Phi) is 4.11. The molecule has 1 nitrogen and oxygen atoms in total. The van der Waals surface area contributed by atoms with Crippen molar-refractivity contribution in [3.8, 4) is 0 Å². The van der Waals surface area contributed by atoms with E-state index < -0.39 is 17.7 Å². The maximum atomic E-state index is 13.1. The molecule has 0 spiro atoms. The summed E-state index contributed by atoms with van der Waals surface area (Å²) in [6.45, 7) is 0. The highest BCUT2D eigenvalue weighted by molar-refractivity contribution is 5.20. The molecule has 3 heteroatoms. The molecule has 1 atom stereocenters. The molecule has 94 valence electrons. The second-order valence-electron chi connectivity index (χ2n) is 4.87. The molecule has 0 radical (unpaired) electrons.